The van der Waals surface area contributed by atoms with Gasteiger partial charge in [0.05, 0.1) is 17.1 Å². The van der Waals surface area contributed by atoms with Gasteiger partial charge < -0.3 is 9.67 Å². The van der Waals surface area contributed by atoms with Gasteiger partial charge >= 0.3 is 5.97 Å². The highest BCUT2D eigenvalue weighted by atomic mass is 16.4. The van der Waals surface area contributed by atoms with Crippen LogP contribution in [0.15, 0.2) is 48.5 Å². The Bertz CT molecular complexity index is 806. The van der Waals surface area contributed by atoms with Crippen LogP contribution in [0.5, 0.6) is 0 Å². The zero-order valence-corrected chi connectivity index (χ0v) is 11.9. The molecule has 1 unspecified atom stereocenters. The molecular formula is C17H16N2O2. The van der Waals surface area contributed by atoms with Crippen molar-refractivity contribution in [3.63, 3.8) is 0 Å². The third kappa shape index (κ3) is 2.18. The number of aromatic carboxylic acids is 1. The van der Waals surface area contributed by atoms with Gasteiger partial charge in [-0.05, 0) is 31.5 Å². The fraction of sp³-hybridized carbons (Fsp3) is 0.176. The number of carboxylic acid groups (broad SMARTS) is 1. The largest absolute Gasteiger partial charge is 0.478 e. The fourth-order valence-corrected chi connectivity index (χ4v) is 2.78. The maximum atomic E-state index is 11.3. The maximum absolute atomic E-state index is 11.3. The molecule has 0 aliphatic rings. The number of carboxylic acids is 1. The molecule has 21 heavy (non-hydrogen) atoms. The number of nitrogens with zero attached hydrogens (tertiary/aromatic N) is 2. The number of carbonyl (C=O) groups is 1. The number of benzene rings is 2. The Kier molecular flexibility index (Phi) is 3.22. The van der Waals surface area contributed by atoms with Crippen molar-refractivity contribution in [1.82, 2.24) is 9.55 Å². The van der Waals surface area contributed by atoms with Crippen molar-refractivity contribution in [1.29, 1.82) is 0 Å². The van der Waals surface area contributed by atoms with Crippen LogP contribution in [0.25, 0.3) is 11.0 Å². The van der Waals surface area contributed by atoms with E-state index in [1.165, 1.54) is 5.56 Å². The smallest absolute Gasteiger partial charge is 0.337 e. The summed E-state index contributed by atoms with van der Waals surface area (Å²) < 4.78 is 2.08. The van der Waals surface area contributed by atoms with Gasteiger partial charge in [0, 0.05) is 0 Å². The Morgan fingerprint density at radius 3 is 2.52 bits per heavy atom. The molecule has 106 valence electrons. The number of hydrogen-bond acceptors (Lipinski definition) is 2. The van der Waals surface area contributed by atoms with E-state index in [2.05, 4.69) is 28.6 Å². The Balaban J connectivity index is 2.22. The average Bonchev–Trinajstić information content (AvgIpc) is 2.82. The van der Waals surface area contributed by atoms with Crippen molar-refractivity contribution in [3.05, 3.63) is 65.5 Å². The van der Waals surface area contributed by atoms with Crippen molar-refractivity contribution >= 4 is 17.0 Å². The Morgan fingerprint density at radius 2 is 1.86 bits per heavy atom. The van der Waals surface area contributed by atoms with Crippen LogP contribution in [0, 0.1) is 6.92 Å². The number of para-hydroxylation sites is 1. The summed E-state index contributed by atoms with van der Waals surface area (Å²) in [5.41, 5.74) is 2.81. The van der Waals surface area contributed by atoms with Gasteiger partial charge in [-0.15, -0.1) is 0 Å². The quantitative estimate of drug-likeness (QED) is 0.796. The van der Waals surface area contributed by atoms with E-state index in [1.54, 1.807) is 12.1 Å². The van der Waals surface area contributed by atoms with Crippen molar-refractivity contribution in [2.45, 2.75) is 19.9 Å². The first kappa shape index (κ1) is 13.4. The van der Waals surface area contributed by atoms with Crippen LogP contribution in [-0.4, -0.2) is 20.6 Å². The summed E-state index contributed by atoms with van der Waals surface area (Å²) in [7, 11) is 0. The minimum atomic E-state index is -0.947. The second-order valence-corrected chi connectivity index (χ2v) is 5.09. The molecule has 1 N–H and O–H groups in total. The van der Waals surface area contributed by atoms with Crippen LogP contribution in [-0.2, 0) is 0 Å². The summed E-state index contributed by atoms with van der Waals surface area (Å²) in [6.45, 7) is 4.00. The number of aromatic nitrogens is 2. The van der Waals surface area contributed by atoms with Gasteiger partial charge in [-0.3, -0.25) is 0 Å². The number of aryl methyl sites for hydroxylation is 1. The lowest BCUT2D eigenvalue weighted by atomic mass is 10.1. The van der Waals surface area contributed by atoms with Crippen molar-refractivity contribution < 1.29 is 9.90 Å². The van der Waals surface area contributed by atoms with E-state index in [0.717, 1.165) is 11.3 Å². The Labute approximate surface area is 122 Å². The normalized spacial score (nSPS) is 12.5. The summed E-state index contributed by atoms with van der Waals surface area (Å²) in [5.74, 6) is -0.132. The predicted molar refractivity (Wildman–Crippen MR) is 81.7 cm³/mol. The molecule has 1 aromatic heterocycles. The van der Waals surface area contributed by atoms with Crippen molar-refractivity contribution in [2.24, 2.45) is 0 Å². The number of fused-ring (bicyclic) bond motifs is 1. The highest BCUT2D eigenvalue weighted by Crippen LogP contribution is 2.27. The van der Waals surface area contributed by atoms with E-state index in [4.69, 9.17) is 0 Å². The Morgan fingerprint density at radius 1 is 1.14 bits per heavy atom. The molecule has 0 bridgehead atoms. The highest BCUT2D eigenvalue weighted by molar-refractivity contribution is 6.01. The highest BCUT2D eigenvalue weighted by Gasteiger charge is 2.18. The fourth-order valence-electron chi connectivity index (χ4n) is 2.78. The topological polar surface area (TPSA) is 55.1 Å². The molecule has 0 amide bonds. The van der Waals surface area contributed by atoms with E-state index in [1.807, 2.05) is 31.2 Å². The summed E-state index contributed by atoms with van der Waals surface area (Å²) >= 11 is 0. The van der Waals surface area contributed by atoms with Crippen LogP contribution >= 0.6 is 0 Å². The molecule has 4 heteroatoms. The Hall–Kier alpha value is -2.62. The van der Waals surface area contributed by atoms with Crippen molar-refractivity contribution in [2.75, 3.05) is 0 Å². The van der Waals surface area contributed by atoms with E-state index in [9.17, 15) is 9.90 Å². The minimum absolute atomic E-state index is 0.0974. The van der Waals surface area contributed by atoms with Gasteiger partial charge in [0.15, 0.2) is 0 Å². The number of imidazole rings is 1. The molecule has 0 spiro atoms. The van der Waals surface area contributed by atoms with Crippen molar-refractivity contribution in [3.8, 4) is 0 Å². The lowest BCUT2D eigenvalue weighted by Crippen LogP contribution is -2.08. The molecule has 0 radical (unpaired) electrons. The lowest BCUT2D eigenvalue weighted by molar-refractivity contribution is 0.0699. The SMILES string of the molecule is Cc1nc2c(C(=O)O)cccc2n1C(C)c1ccccc1. The van der Waals surface area contributed by atoms with Crippen LogP contribution in [0.4, 0.5) is 0 Å². The second-order valence-electron chi connectivity index (χ2n) is 5.09. The molecule has 4 nitrogen and oxygen atoms in total. The predicted octanol–water partition coefficient (Wildman–Crippen LogP) is 3.65. The molecule has 0 saturated carbocycles. The molecule has 3 aromatic rings. The third-order valence-corrected chi connectivity index (χ3v) is 3.80. The standard InChI is InChI=1S/C17H16N2O2/c1-11(13-7-4-3-5-8-13)19-12(2)18-16-14(17(20)21)9-6-10-15(16)19/h3-11H,1-2H3,(H,20,21). The first-order valence-electron chi connectivity index (χ1n) is 6.85. The van der Waals surface area contributed by atoms with Crippen LogP contribution in [0.1, 0.15) is 34.7 Å². The van der Waals surface area contributed by atoms with Crippen LogP contribution < -0.4 is 0 Å². The van der Waals surface area contributed by atoms with Gasteiger partial charge in [0.1, 0.15) is 11.3 Å². The van der Waals surface area contributed by atoms with Crippen LogP contribution in [0.2, 0.25) is 0 Å². The van der Waals surface area contributed by atoms with Gasteiger partial charge in [0.2, 0.25) is 0 Å². The maximum Gasteiger partial charge on any atom is 0.337 e. The summed E-state index contributed by atoms with van der Waals surface area (Å²) in [5, 5.41) is 9.29. The first-order chi connectivity index (χ1) is 10.1. The van der Waals surface area contributed by atoms with E-state index >= 15 is 0 Å². The summed E-state index contributed by atoms with van der Waals surface area (Å²) in [4.78, 5) is 15.8. The molecule has 0 aliphatic heterocycles. The number of rotatable bonds is 3. The summed E-state index contributed by atoms with van der Waals surface area (Å²) in [6, 6.07) is 15.5. The van der Waals surface area contributed by atoms with Gasteiger partial charge in [-0.1, -0.05) is 36.4 Å². The molecule has 0 aliphatic carbocycles. The van der Waals surface area contributed by atoms with Gasteiger partial charge in [-0.25, -0.2) is 9.78 Å². The lowest BCUT2D eigenvalue weighted by Gasteiger charge is -2.17. The molecule has 0 fully saturated rings. The molecule has 0 saturated heterocycles. The van der Waals surface area contributed by atoms with Crippen LogP contribution in [0.3, 0.4) is 0 Å². The monoisotopic (exact) mass is 280 g/mol. The van der Waals surface area contributed by atoms with E-state index in [0.29, 0.717) is 5.52 Å². The molecule has 2 aromatic carbocycles. The van der Waals surface area contributed by atoms with Gasteiger partial charge in [0.25, 0.3) is 0 Å². The van der Waals surface area contributed by atoms with Gasteiger partial charge in [-0.2, -0.15) is 0 Å². The molecule has 1 atom stereocenters. The molecule has 3 rings (SSSR count). The molecule has 1 heterocycles. The summed E-state index contributed by atoms with van der Waals surface area (Å²) in [6.07, 6.45) is 0. The third-order valence-electron chi connectivity index (χ3n) is 3.80. The zero-order valence-electron chi connectivity index (χ0n) is 11.9. The first-order valence-corrected chi connectivity index (χ1v) is 6.85. The zero-order chi connectivity index (χ0) is 15.0. The average molecular weight is 280 g/mol. The number of hydrogen-bond donors (Lipinski definition) is 1. The van der Waals surface area contributed by atoms with E-state index in [-0.39, 0.29) is 11.6 Å². The molecular weight excluding hydrogens is 264 g/mol. The minimum Gasteiger partial charge on any atom is -0.478 e. The second kappa shape index (κ2) is 5.05. The van der Waals surface area contributed by atoms with E-state index < -0.39 is 5.97 Å².